The number of hydrogen-bond donors (Lipinski definition) is 0. The zero-order valence-corrected chi connectivity index (χ0v) is 20.4. The van der Waals surface area contributed by atoms with Gasteiger partial charge in [-0.1, -0.05) is 140 Å². The number of benzene rings is 3. The first kappa shape index (κ1) is 22.6. The van der Waals surface area contributed by atoms with E-state index in [9.17, 15) is 0 Å². The first-order chi connectivity index (χ1) is 17.1. The van der Waals surface area contributed by atoms with Crippen LogP contribution in [-0.4, -0.2) is 0 Å². The molecule has 0 aromatic heterocycles. The fourth-order valence-electron chi connectivity index (χ4n) is 5.37. The highest BCUT2D eigenvalue weighted by molar-refractivity contribution is 5.92. The normalized spacial score (nSPS) is 23.3. The van der Waals surface area contributed by atoms with Crippen LogP contribution in [0, 0.1) is 6.92 Å². The molecule has 5 rings (SSSR count). The largest absolute Gasteiger partial charge is 0.0905 e. The molecule has 170 valence electrons. The van der Waals surface area contributed by atoms with E-state index < -0.39 is 0 Å². The van der Waals surface area contributed by atoms with Gasteiger partial charge in [-0.05, 0) is 63.9 Å². The summed E-state index contributed by atoms with van der Waals surface area (Å²) in [4.78, 5) is 0. The second-order valence-corrected chi connectivity index (χ2v) is 9.21. The highest BCUT2D eigenvalue weighted by Crippen LogP contribution is 2.53. The molecule has 0 saturated heterocycles. The van der Waals surface area contributed by atoms with Gasteiger partial charge in [-0.2, -0.15) is 0 Å². The fraction of sp³-hybridized carbons (Fsp3) is 0.0857. The number of rotatable bonds is 3. The van der Waals surface area contributed by atoms with Crippen molar-refractivity contribution in [1.29, 1.82) is 0 Å². The lowest BCUT2D eigenvalue weighted by Gasteiger charge is -2.32. The Labute approximate surface area is 209 Å². The van der Waals surface area contributed by atoms with Gasteiger partial charge in [0.1, 0.15) is 0 Å². The molecule has 0 heteroatoms. The summed E-state index contributed by atoms with van der Waals surface area (Å²) in [6.45, 7) is 9.11. The summed E-state index contributed by atoms with van der Waals surface area (Å²) < 4.78 is 0. The minimum Gasteiger partial charge on any atom is -0.0905 e. The first-order valence-corrected chi connectivity index (χ1v) is 12.2. The molecule has 0 amide bonds. The number of fused-ring (bicyclic) bond motifs is 2. The molecule has 0 radical (unpaired) electrons. The molecule has 0 N–H and O–H groups in total. The van der Waals surface area contributed by atoms with E-state index in [2.05, 4.69) is 148 Å². The smallest absolute Gasteiger partial charge is 0.0441 e. The van der Waals surface area contributed by atoms with E-state index in [1.165, 1.54) is 44.5 Å². The summed E-state index contributed by atoms with van der Waals surface area (Å²) >= 11 is 0. The number of aryl methyl sites for hydroxylation is 1. The summed E-state index contributed by atoms with van der Waals surface area (Å²) in [6.07, 6.45) is 21.2. The topological polar surface area (TPSA) is 0 Å². The molecule has 0 fully saturated rings. The monoisotopic (exact) mass is 450 g/mol. The summed E-state index contributed by atoms with van der Waals surface area (Å²) in [7, 11) is 0. The minimum atomic E-state index is -0.327. The second kappa shape index (κ2) is 9.60. The third-order valence-corrected chi connectivity index (χ3v) is 7.15. The van der Waals surface area contributed by atoms with Crippen LogP contribution in [0.25, 0.3) is 11.1 Å². The van der Waals surface area contributed by atoms with Gasteiger partial charge in [-0.15, -0.1) is 0 Å². The average molecular weight is 451 g/mol. The molecule has 1 atom stereocenters. The van der Waals surface area contributed by atoms with E-state index in [1.54, 1.807) is 0 Å². The van der Waals surface area contributed by atoms with Crippen molar-refractivity contribution in [3.63, 3.8) is 0 Å². The van der Waals surface area contributed by atoms with Crippen LogP contribution >= 0.6 is 0 Å². The van der Waals surface area contributed by atoms with Gasteiger partial charge < -0.3 is 0 Å². The third kappa shape index (κ3) is 4.02. The van der Waals surface area contributed by atoms with Crippen LogP contribution in [0.5, 0.6) is 0 Å². The Morgan fingerprint density at radius 1 is 0.600 bits per heavy atom. The van der Waals surface area contributed by atoms with Crippen LogP contribution in [0.3, 0.4) is 0 Å². The molecular formula is C35H30. The zero-order valence-electron chi connectivity index (χ0n) is 20.4. The van der Waals surface area contributed by atoms with Crippen molar-refractivity contribution in [2.45, 2.75) is 19.3 Å². The number of hydrogen-bond acceptors (Lipinski definition) is 0. The zero-order chi connectivity index (χ0) is 24.3. The van der Waals surface area contributed by atoms with Crippen molar-refractivity contribution < 1.29 is 0 Å². The molecule has 0 nitrogen and oxygen atoms in total. The van der Waals surface area contributed by atoms with Gasteiger partial charge in [0.05, 0.1) is 0 Å². The molecule has 1 unspecified atom stereocenters. The molecule has 3 aromatic rings. The Morgan fingerprint density at radius 2 is 1.14 bits per heavy atom. The minimum absolute atomic E-state index is 0.327. The van der Waals surface area contributed by atoms with Crippen LogP contribution in [0.2, 0.25) is 0 Å². The molecule has 0 aliphatic heterocycles. The number of allylic oxidation sites excluding steroid dienone is 12. The maximum Gasteiger partial charge on any atom is 0.0441 e. The van der Waals surface area contributed by atoms with Crippen molar-refractivity contribution >= 4 is 11.1 Å². The van der Waals surface area contributed by atoms with E-state index >= 15 is 0 Å². The Kier molecular flexibility index (Phi) is 6.21. The molecule has 2 aliphatic rings. The summed E-state index contributed by atoms with van der Waals surface area (Å²) in [6, 6.07) is 26.1. The van der Waals surface area contributed by atoms with Crippen LogP contribution in [-0.2, 0) is 5.41 Å². The summed E-state index contributed by atoms with van der Waals surface area (Å²) in [5, 5.41) is 0. The lowest BCUT2D eigenvalue weighted by Crippen LogP contribution is -2.25. The van der Waals surface area contributed by atoms with E-state index in [-0.39, 0.29) is 5.41 Å². The van der Waals surface area contributed by atoms with Gasteiger partial charge in [-0.25, -0.2) is 0 Å². The highest BCUT2D eigenvalue weighted by atomic mass is 14.4. The molecule has 35 heavy (non-hydrogen) atoms. The van der Waals surface area contributed by atoms with Crippen molar-refractivity contribution in [2.75, 3.05) is 0 Å². The van der Waals surface area contributed by atoms with Gasteiger partial charge in [0.2, 0.25) is 0 Å². The summed E-state index contributed by atoms with van der Waals surface area (Å²) in [5.74, 6) is 0. The molecule has 0 bridgehead atoms. The summed E-state index contributed by atoms with van der Waals surface area (Å²) in [5.41, 5.74) is 10.8. The molecule has 2 aliphatic carbocycles. The van der Waals surface area contributed by atoms with Crippen LogP contribution in [0.15, 0.2) is 146 Å². The molecular weight excluding hydrogens is 420 g/mol. The molecule has 3 aromatic carbocycles. The van der Waals surface area contributed by atoms with Crippen LogP contribution < -0.4 is 0 Å². The van der Waals surface area contributed by atoms with E-state index in [0.29, 0.717) is 0 Å². The standard InChI is InChI=1S/C35H30/c1-26-18-12-13-19-28(26)27(2)29-20-14-16-24-32(29)35(3)33-23-11-9-7-5-4-6-8-10-21-30(33)31-22-15-17-25-34(31)35/h4-25H,2H2,1,3H3/b5-4-,6-4?,7-5?,8-6+,9-7-,10-8?,11-9?,21-10-,23-11+,30-21?,33-23?. The second-order valence-electron chi connectivity index (χ2n) is 9.21. The van der Waals surface area contributed by atoms with Crippen LogP contribution in [0.1, 0.15) is 40.3 Å². The van der Waals surface area contributed by atoms with Crippen molar-refractivity contribution in [3.8, 4) is 0 Å². The highest BCUT2D eigenvalue weighted by Gasteiger charge is 2.42. The quantitative estimate of drug-likeness (QED) is 0.374. The van der Waals surface area contributed by atoms with Gasteiger partial charge in [-0.3, -0.25) is 0 Å². The Morgan fingerprint density at radius 3 is 1.86 bits per heavy atom. The van der Waals surface area contributed by atoms with Gasteiger partial charge >= 0.3 is 0 Å². The van der Waals surface area contributed by atoms with Crippen molar-refractivity contribution in [3.05, 3.63) is 179 Å². The lowest BCUT2D eigenvalue weighted by atomic mass is 9.70. The van der Waals surface area contributed by atoms with Crippen LogP contribution in [0.4, 0.5) is 0 Å². The maximum absolute atomic E-state index is 4.59. The lowest BCUT2D eigenvalue weighted by molar-refractivity contribution is 0.705. The average Bonchev–Trinajstić information content (AvgIpc) is 3.12. The predicted octanol–water partition coefficient (Wildman–Crippen LogP) is 8.92. The Balaban J connectivity index is 1.77. The Hall–Kier alpha value is -4.16. The van der Waals surface area contributed by atoms with Gasteiger partial charge in [0, 0.05) is 5.41 Å². The van der Waals surface area contributed by atoms with Gasteiger partial charge in [0.25, 0.3) is 0 Å². The first-order valence-electron chi connectivity index (χ1n) is 12.2. The predicted molar refractivity (Wildman–Crippen MR) is 151 cm³/mol. The van der Waals surface area contributed by atoms with Crippen molar-refractivity contribution in [1.82, 2.24) is 0 Å². The van der Waals surface area contributed by atoms with Gasteiger partial charge in [0.15, 0.2) is 0 Å². The fourth-order valence-corrected chi connectivity index (χ4v) is 5.37. The van der Waals surface area contributed by atoms with Crippen molar-refractivity contribution in [2.24, 2.45) is 0 Å². The van der Waals surface area contributed by atoms with E-state index in [4.69, 9.17) is 0 Å². The third-order valence-electron chi connectivity index (χ3n) is 7.15. The molecule has 0 heterocycles. The Bertz CT molecular complexity index is 1470. The molecule has 0 saturated carbocycles. The SMILES string of the molecule is C=C(c1ccccc1C)c1ccccc1C1(C)C2=C(\C=C/C=C/C=C\C=C/C=C/2)c2ccccc21. The molecule has 0 spiro atoms. The van der Waals surface area contributed by atoms with E-state index in [0.717, 1.165) is 5.57 Å². The van der Waals surface area contributed by atoms with E-state index in [1.807, 2.05) is 6.08 Å². The maximum atomic E-state index is 4.59.